The number of ether oxygens (including phenoxy) is 1. The normalized spacial score (nSPS) is 10.1. The summed E-state index contributed by atoms with van der Waals surface area (Å²) in [7, 11) is 0. The van der Waals surface area contributed by atoms with E-state index in [1.807, 2.05) is 36.4 Å². The average molecular weight is 402 g/mol. The van der Waals surface area contributed by atoms with Crippen LogP contribution in [0.25, 0.3) is 0 Å². The molecule has 2 amide bonds. The Labute approximate surface area is 174 Å². The molecule has 0 radical (unpaired) electrons. The molecule has 0 atom stereocenters. The number of carbonyl (C=O) groups excluding carboxylic acids is 3. The number of nitrogens with one attached hydrogen (secondary N) is 2. The van der Waals surface area contributed by atoms with E-state index < -0.39 is 12.6 Å². The standard InChI is InChI=1S/C24H22N2O4/c27-22(25-16-15-18-9-3-1-4-10-18)17-30-24(29)20-13-7-8-14-21(20)26-23(28)19-11-5-2-6-12-19/h1-14H,15-17H2,(H,25,27)(H,26,28). The van der Waals surface area contributed by atoms with Gasteiger partial charge in [-0.3, -0.25) is 9.59 Å². The van der Waals surface area contributed by atoms with Gasteiger partial charge in [0.25, 0.3) is 11.8 Å². The van der Waals surface area contributed by atoms with Crippen LogP contribution in [-0.2, 0) is 16.0 Å². The van der Waals surface area contributed by atoms with Crippen molar-refractivity contribution in [1.29, 1.82) is 0 Å². The van der Waals surface area contributed by atoms with Gasteiger partial charge in [-0.25, -0.2) is 4.79 Å². The number of benzene rings is 3. The minimum Gasteiger partial charge on any atom is -0.452 e. The minimum atomic E-state index is -0.683. The molecule has 3 aromatic carbocycles. The van der Waals surface area contributed by atoms with Crippen LogP contribution >= 0.6 is 0 Å². The smallest absolute Gasteiger partial charge is 0.340 e. The van der Waals surface area contributed by atoms with Gasteiger partial charge in [-0.05, 0) is 36.2 Å². The molecule has 0 bridgehead atoms. The highest BCUT2D eigenvalue weighted by Crippen LogP contribution is 2.17. The lowest BCUT2D eigenvalue weighted by Gasteiger charge is -2.11. The van der Waals surface area contributed by atoms with Crippen molar-refractivity contribution in [3.8, 4) is 0 Å². The first-order valence-corrected chi connectivity index (χ1v) is 9.56. The summed E-state index contributed by atoms with van der Waals surface area (Å²) in [5, 5.41) is 5.43. The summed E-state index contributed by atoms with van der Waals surface area (Å²) in [4.78, 5) is 36.8. The monoisotopic (exact) mass is 402 g/mol. The van der Waals surface area contributed by atoms with E-state index in [1.165, 1.54) is 6.07 Å². The summed E-state index contributed by atoms with van der Waals surface area (Å²) in [5.74, 6) is -1.41. The molecule has 0 aliphatic carbocycles. The van der Waals surface area contributed by atoms with Crippen molar-refractivity contribution in [2.45, 2.75) is 6.42 Å². The fourth-order valence-electron chi connectivity index (χ4n) is 2.80. The van der Waals surface area contributed by atoms with Crippen molar-refractivity contribution in [3.05, 3.63) is 102 Å². The lowest BCUT2D eigenvalue weighted by atomic mass is 10.1. The Morgan fingerprint density at radius 3 is 2.13 bits per heavy atom. The first-order chi connectivity index (χ1) is 14.6. The van der Waals surface area contributed by atoms with Crippen molar-refractivity contribution in [1.82, 2.24) is 5.32 Å². The fourth-order valence-corrected chi connectivity index (χ4v) is 2.80. The van der Waals surface area contributed by atoms with Crippen molar-refractivity contribution in [2.24, 2.45) is 0 Å². The Balaban J connectivity index is 1.51. The van der Waals surface area contributed by atoms with Gasteiger partial charge in [0.05, 0.1) is 11.3 Å². The lowest BCUT2D eigenvalue weighted by molar-refractivity contribution is -0.124. The zero-order chi connectivity index (χ0) is 21.2. The number of carbonyl (C=O) groups is 3. The molecule has 2 N–H and O–H groups in total. The molecular formula is C24H22N2O4. The highest BCUT2D eigenvalue weighted by atomic mass is 16.5. The van der Waals surface area contributed by atoms with Gasteiger partial charge in [-0.2, -0.15) is 0 Å². The molecule has 0 aromatic heterocycles. The van der Waals surface area contributed by atoms with Gasteiger partial charge in [0.1, 0.15) is 0 Å². The molecule has 0 saturated heterocycles. The van der Waals surface area contributed by atoms with Gasteiger partial charge < -0.3 is 15.4 Å². The third-order valence-electron chi connectivity index (χ3n) is 4.34. The van der Waals surface area contributed by atoms with Crippen molar-refractivity contribution in [3.63, 3.8) is 0 Å². The van der Waals surface area contributed by atoms with Crippen molar-refractivity contribution >= 4 is 23.5 Å². The van der Waals surface area contributed by atoms with E-state index in [1.54, 1.807) is 42.5 Å². The van der Waals surface area contributed by atoms with Crippen LogP contribution in [0.15, 0.2) is 84.9 Å². The number of hydrogen-bond donors (Lipinski definition) is 2. The van der Waals surface area contributed by atoms with E-state index in [0.717, 1.165) is 5.56 Å². The van der Waals surface area contributed by atoms with E-state index >= 15 is 0 Å². The van der Waals surface area contributed by atoms with E-state index in [9.17, 15) is 14.4 Å². The van der Waals surface area contributed by atoms with Gasteiger partial charge >= 0.3 is 5.97 Å². The second kappa shape index (κ2) is 10.6. The van der Waals surface area contributed by atoms with Crippen LogP contribution in [0.2, 0.25) is 0 Å². The first kappa shape index (κ1) is 20.8. The van der Waals surface area contributed by atoms with Crippen LogP contribution in [0, 0.1) is 0 Å². The number of para-hydroxylation sites is 1. The third kappa shape index (κ3) is 6.04. The molecule has 0 fully saturated rings. The van der Waals surface area contributed by atoms with Crippen molar-refractivity contribution < 1.29 is 19.1 Å². The SMILES string of the molecule is O=C(COC(=O)c1ccccc1NC(=O)c1ccccc1)NCCc1ccccc1. The molecule has 6 heteroatoms. The molecule has 30 heavy (non-hydrogen) atoms. The zero-order valence-electron chi connectivity index (χ0n) is 16.3. The predicted molar refractivity (Wildman–Crippen MR) is 114 cm³/mol. The molecule has 152 valence electrons. The first-order valence-electron chi connectivity index (χ1n) is 9.56. The summed E-state index contributed by atoms with van der Waals surface area (Å²) >= 11 is 0. The summed E-state index contributed by atoms with van der Waals surface area (Å²) in [5.41, 5.74) is 2.08. The fraction of sp³-hybridized carbons (Fsp3) is 0.125. The number of amides is 2. The van der Waals surface area contributed by atoms with E-state index in [4.69, 9.17) is 4.74 Å². The minimum absolute atomic E-state index is 0.180. The second-order valence-electron chi connectivity index (χ2n) is 6.53. The van der Waals surface area contributed by atoms with Crippen LogP contribution in [0.5, 0.6) is 0 Å². The average Bonchev–Trinajstić information content (AvgIpc) is 2.79. The van der Waals surface area contributed by atoms with Crippen LogP contribution in [-0.4, -0.2) is 30.9 Å². The number of esters is 1. The largest absolute Gasteiger partial charge is 0.452 e. The van der Waals surface area contributed by atoms with Gasteiger partial charge in [0, 0.05) is 12.1 Å². The highest BCUT2D eigenvalue weighted by Gasteiger charge is 2.16. The van der Waals surface area contributed by atoms with E-state index in [2.05, 4.69) is 10.6 Å². The molecule has 3 aromatic rings. The summed E-state index contributed by atoms with van der Waals surface area (Å²) in [6.07, 6.45) is 0.689. The molecule has 0 unspecified atom stereocenters. The maximum atomic E-state index is 12.4. The molecule has 0 heterocycles. The van der Waals surface area contributed by atoms with E-state index in [0.29, 0.717) is 24.2 Å². The third-order valence-corrected chi connectivity index (χ3v) is 4.34. The molecule has 0 saturated carbocycles. The molecule has 3 rings (SSSR count). The number of rotatable bonds is 8. The van der Waals surface area contributed by atoms with Crippen LogP contribution in [0.4, 0.5) is 5.69 Å². The molecule has 6 nitrogen and oxygen atoms in total. The van der Waals surface area contributed by atoms with Crippen LogP contribution in [0.3, 0.4) is 0 Å². The lowest BCUT2D eigenvalue weighted by Crippen LogP contribution is -2.30. The van der Waals surface area contributed by atoms with Crippen LogP contribution in [0.1, 0.15) is 26.3 Å². The highest BCUT2D eigenvalue weighted by molar-refractivity contribution is 6.08. The number of hydrogen-bond acceptors (Lipinski definition) is 4. The molecule has 0 spiro atoms. The summed E-state index contributed by atoms with van der Waals surface area (Å²) in [6.45, 7) is 0.0543. The van der Waals surface area contributed by atoms with Gasteiger partial charge in [0.2, 0.25) is 0 Å². The molecule has 0 aliphatic heterocycles. The second-order valence-corrected chi connectivity index (χ2v) is 6.53. The van der Waals surface area contributed by atoms with Gasteiger partial charge in [0.15, 0.2) is 6.61 Å². The van der Waals surface area contributed by atoms with Gasteiger partial charge in [-0.15, -0.1) is 0 Å². The van der Waals surface area contributed by atoms with Gasteiger partial charge in [-0.1, -0.05) is 60.7 Å². The number of anilines is 1. The quantitative estimate of drug-likeness (QED) is 0.565. The topological polar surface area (TPSA) is 84.5 Å². The maximum absolute atomic E-state index is 12.4. The maximum Gasteiger partial charge on any atom is 0.340 e. The zero-order valence-corrected chi connectivity index (χ0v) is 16.3. The summed E-state index contributed by atoms with van der Waals surface area (Å²) < 4.78 is 5.12. The Kier molecular flexibility index (Phi) is 7.33. The van der Waals surface area contributed by atoms with Crippen molar-refractivity contribution in [2.75, 3.05) is 18.5 Å². The molecule has 0 aliphatic rings. The Hall–Kier alpha value is -3.93. The Morgan fingerprint density at radius 1 is 0.767 bits per heavy atom. The summed E-state index contributed by atoms with van der Waals surface area (Å²) in [6, 6.07) is 25.0. The Bertz CT molecular complexity index is 1000. The Morgan fingerprint density at radius 2 is 1.40 bits per heavy atom. The predicted octanol–water partition coefficient (Wildman–Crippen LogP) is 3.45. The molecular weight excluding hydrogens is 380 g/mol. The van der Waals surface area contributed by atoms with E-state index in [-0.39, 0.29) is 17.4 Å². The van der Waals surface area contributed by atoms with Crippen LogP contribution < -0.4 is 10.6 Å².